The fourth-order valence-electron chi connectivity index (χ4n) is 2.49. The molecule has 18 heavy (non-hydrogen) atoms. The molecule has 2 atom stereocenters. The monoisotopic (exact) mass is 264 g/mol. The summed E-state index contributed by atoms with van der Waals surface area (Å²) in [6, 6.07) is 3.09. The predicted octanol–water partition coefficient (Wildman–Crippen LogP) is 0.664. The van der Waals surface area contributed by atoms with Gasteiger partial charge in [-0.15, -0.1) is 11.3 Å². The number of amides is 2. The van der Waals surface area contributed by atoms with Gasteiger partial charge in [-0.1, -0.05) is 0 Å². The maximum Gasteiger partial charge on any atom is 0.264 e. The highest BCUT2D eigenvalue weighted by Crippen LogP contribution is 2.28. The summed E-state index contributed by atoms with van der Waals surface area (Å²) in [5, 5.41) is 2.83. The molecule has 0 saturated carbocycles. The van der Waals surface area contributed by atoms with Crippen LogP contribution in [0.2, 0.25) is 0 Å². The third kappa shape index (κ3) is 1.64. The zero-order chi connectivity index (χ0) is 12.9. The first kappa shape index (κ1) is 11.4. The molecule has 2 saturated heterocycles. The van der Waals surface area contributed by atoms with E-state index in [-0.39, 0.29) is 29.7 Å². The number of hydrogen-bond donors (Lipinski definition) is 1. The molecule has 0 unspecified atom stereocenters. The summed E-state index contributed by atoms with van der Waals surface area (Å²) >= 11 is 1.19. The summed E-state index contributed by atoms with van der Waals surface area (Å²) in [4.78, 5) is 37.7. The first-order valence-electron chi connectivity index (χ1n) is 5.78. The van der Waals surface area contributed by atoms with Gasteiger partial charge in [0.2, 0.25) is 5.91 Å². The Bertz CT molecular complexity index is 551. The zero-order valence-electron chi connectivity index (χ0n) is 9.80. The lowest BCUT2D eigenvalue weighted by Crippen LogP contribution is -2.50. The molecule has 2 fully saturated rings. The predicted molar refractivity (Wildman–Crippen MR) is 65.7 cm³/mol. The number of Topliss-reactive ketones (excluding diaryl/α,β-unsaturated/α-hetero) is 1. The molecule has 94 valence electrons. The minimum absolute atomic E-state index is 0.0419. The second-order valence-corrected chi connectivity index (χ2v) is 5.72. The fourth-order valence-corrected chi connectivity index (χ4v) is 3.35. The van der Waals surface area contributed by atoms with Gasteiger partial charge in [-0.25, -0.2) is 0 Å². The van der Waals surface area contributed by atoms with Crippen molar-refractivity contribution in [1.82, 2.24) is 10.2 Å². The quantitative estimate of drug-likeness (QED) is 0.798. The number of fused-ring (bicyclic) bond motifs is 2. The third-order valence-electron chi connectivity index (χ3n) is 3.37. The summed E-state index contributed by atoms with van der Waals surface area (Å²) in [6.45, 7) is 2.05. The molecular formula is C12H12N2O3S. The largest absolute Gasteiger partial charge is 0.350 e. The first-order valence-corrected chi connectivity index (χ1v) is 6.60. The van der Waals surface area contributed by atoms with Crippen LogP contribution in [0.25, 0.3) is 0 Å². The minimum atomic E-state index is -0.328. The van der Waals surface area contributed by atoms with Gasteiger partial charge >= 0.3 is 0 Å². The topological polar surface area (TPSA) is 66.5 Å². The lowest BCUT2D eigenvalue weighted by molar-refractivity contribution is -0.124. The Morgan fingerprint density at radius 3 is 2.67 bits per heavy atom. The Balaban J connectivity index is 1.82. The van der Waals surface area contributed by atoms with Crippen LogP contribution < -0.4 is 5.32 Å². The van der Waals surface area contributed by atoms with Crippen molar-refractivity contribution in [3.63, 3.8) is 0 Å². The molecule has 3 heterocycles. The summed E-state index contributed by atoms with van der Waals surface area (Å²) in [7, 11) is 0. The molecule has 2 aliphatic heterocycles. The smallest absolute Gasteiger partial charge is 0.264 e. The van der Waals surface area contributed by atoms with E-state index in [0.717, 1.165) is 0 Å². The van der Waals surface area contributed by atoms with Crippen LogP contribution in [0, 0.1) is 0 Å². The number of carbonyl (C=O) groups is 3. The van der Waals surface area contributed by atoms with Gasteiger partial charge in [0.25, 0.3) is 5.91 Å². The number of nitrogens with one attached hydrogen (secondary N) is 1. The van der Waals surface area contributed by atoms with E-state index in [1.54, 1.807) is 17.0 Å². The van der Waals surface area contributed by atoms with E-state index in [9.17, 15) is 14.4 Å². The van der Waals surface area contributed by atoms with Crippen LogP contribution in [-0.4, -0.2) is 41.1 Å². The molecular weight excluding hydrogens is 252 g/mol. The van der Waals surface area contributed by atoms with Gasteiger partial charge in [-0.2, -0.15) is 0 Å². The highest BCUT2D eigenvalue weighted by Gasteiger charge is 2.46. The second-order valence-electron chi connectivity index (χ2n) is 4.63. The highest BCUT2D eigenvalue weighted by atomic mass is 32.1. The van der Waals surface area contributed by atoms with E-state index in [4.69, 9.17) is 0 Å². The van der Waals surface area contributed by atoms with Crippen molar-refractivity contribution < 1.29 is 14.4 Å². The summed E-state index contributed by atoms with van der Waals surface area (Å²) < 4.78 is 0. The van der Waals surface area contributed by atoms with Gasteiger partial charge in [-0.05, 0) is 25.5 Å². The average Bonchev–Trinajstić information content (AvgIpc) is 3.01. The van der Waals surface area contributed by atoms with Crippen LogP contribution >= 0.6 is 11.3 Å². The number of nitrogens with zero attached hydrogens (tertiary/aromatic N) is 1. The molecule has 2 aliphatic rings. The fraction of sp³-hybridized carbons (Fsp3) is 0.417. The molecule has 1 N–H and O–H groups in total. The van der Waals surface area contributed by atoms with Gasteiger partial charge in [0, 0.05) is 12.6 Å². The maximum atomic E-state index is 12.3. The number of rotatable bonds is 2. The Morgan fingerprint density at radius 1 is 1.39 bits per heavy atom. The van der Waals surface area contributed by atoms with E-state index in [1.165, 1.54) is 18.3 Å². The van der Waals surface area contributed by atoms with E-state index in [1.807, 2.05) is 0 Å². The van der Waals surface area contributed by atoms with Crippen molar-refractivity contribution in [2.75, 3.05) is 6.54 Å². The molecule has 6 heteroatoms. The van der Waals surface area contributed by atoms with Crippen molar-refractivity contribution >= 4 is 28.9 Å². The molecule has 0 aromatic carbocycles. The molecule has 1 aromatic rings. The minimum Gasteiger partial charge on any atom is -0.350 e. The molecule has 0 radical (unpaired) electrons. The van der Waals surface area contributed by atoms with Crippen molar-refractivity contribution in [3.05, 3.63) is 21.9 Å². The molecule has 2 amide bonds. The normalized spacial score (nSPS) is 25.4. The molecule has 0 aliphatic carbocycles. The van der Waals surface area contributed by atoms with Crippen molar-refractivity contribution in [2.45, 2.75) is 25.4 Å². The van der Waals surface area contributed by atoms with Crippen LogP contribution in [0.5, 0.6) is 0 Å². The molecule has 2 bridgehead atoms. The van der Waals surface area contributed by atoms with Gasteiger partial charge in [0.1, 0.15) is 6.04 Å². The Kier molecular flexibility index (Phi) is 2.48. The number of likely N-dealkylation sites (tertiary alicyclic amines) is 1. The molecule has 3 rings (SSSR count). The Hall–Kier alpha value is -1.69. The van der Waals surface area contributed by atoms with E-state index in [0.29, 0.717) is 22.7 Å². The number of ketones is 1. The van der Waals surface area contributed by atoms with Crippen LogP contribution in [0.1, 0.15) is 32.7 Å². The third-order valence-corrected chi connectivity index (χ3v) is 4.55. The van der Waals surface area contributed by atoms with E-state index in [2.05, 4.69) is 5.32 Å². The van der Waals surface area contributed by atoms with Crippen LogP contribution in [0.15, 0.2) is 12.1 Å². The molecule has 1 aromatic heterocycles. The molecule has 5 nitrogen and oxygen atoms in total. The second kappa shape index (κ2) is 3.91. The number of thiophene rings is 1. The van der Waals surface area contributed by atoms with Crippen LogP contribution in [0.4, 0.5) is 0 Å². The van der Waals surface area contributed by atoms with Crippen molar-refractivity contribution in [3.8, 4) is 0 Å². The Labute approximate surface area is 108 Å². The van der Waals surface area contributed by atoms with Crippen LogP contribution in [0.3, 0.4) is 0 Å². The molecule has 0 spiro atoms. The van der Waals surface area contributed by atoms with E-state index >= 15 is 0 Å². The zero-order valence-corrected chi connectivity index (χ0v) is 10.6. The van der Waals surface area contributed by atoms with E-state index < -0.39 is 0 Å². The van der Waals surface area contributed by atoms with Crippen molar-refractivity contribution in [2.24, 2.45) is 0 Å². The summed E-state index contributed by atoms with van der Waals surface area (Å²) in [5.41, 5.74) is 0. The summed E-state index contributed by atoms with van der Waals surface area (Å²) in [5.74, 6) is -0.252. The standard InChI is InChI=1S/C12H12N2O3S/c1-6(15)9-2-3-10(18-9)12(17)14-5-7-4-8(14)11(16)13-7/h2-3,7-8H,4-5H2,1H3,(H,13,16)/t7-,8-/m0/s1. The maximum absolute atomic E-state index is 12.3. The van der Waals surface area contributed by atoms with Crippen LogP contribution in [-0.2, 0) is 4.79 Å². The van der Waals surface area contributed by atoms with Gasteiger partial charge in [0.05, 0.1) is 9.75 Å². The number of hydrogen-bond acceptors (Lipinski definition) is 4. The Morgan fingerprint density at radius 2 is 2.11 bits per heavy atom. The highest BCUT2D eigenvalue weighted by molar-refractivity contribution is 7.15. The van der Waals surface area contributed by atoms with Gasteiger partial charge in [0.15, 0.2) is 5.78 Å². The number of piperazine rings is 1. The van der Waals surface area contributed by atoms with Crippen molar-refractivity contribution in [1.29, 1.82) is 0 Å². The average molecular weight is 264 g/mol. The summed E-state index contributed by atoms with van der Waals surface area (Å²) in [6.07, 6.45) is 0.704. The van der Waals surface area contributed by atoms with Gasteiger partial charge < -0.3 is 10.2 Å². The lowest BCUT2D eigenvalue weighted by atomic mass is 10.2. The SMILES string of the molecule is CC(=O)c1ccc(C(=O)N2C[C@@H]3C[C@H]2C(=O)N3)s1. The van der Waals surface area contributed by atoms with Gasteiger partial charge in [-0.3, -0.25) is 14.4 Å². The lowest BCUT2D eigenvalue weighted by Gasteiger charge is -2.25. The number of carbonyl (C=O) groups excluding carboxylic acids is 3. The first-order chi connectivity index (χ1) is 8.56.